The molecule has 0 aliphatic rings. The van der Waals surface area contributed by atoms with Crippen molar-refractivity contribution in [1.29, 1.82) is 0 Å². The summed E-state index contributed by atoms with van der Waals surface area (Å²) < 4.78 is 0.665. The Morgan fingerprint density at radius 2 is 2.25 bits per heavy atom. The second kappa shape index (κ2) is 4.73. The second-order valence-corrected chi connectivity index (χ2v) is 4.96. The Morgan fingerprint density at radius 1 is 1.44 bits per heavy atom. The third kappa shape index (κ3) is 2.29. The molecule has 2 aromatic heterocycles. The fourth-order valence-electron chi connectivity index (χ4n) is 0.914. The van der Waals surface area contributed by atoms with E-state index in [0.717, 1.165) is 11.8 Å². The van der Waals surface area contributed by atoms with Crippen LogP contribution >= 0.6 is 34.7 Å². The van der Waals surface area contributed by atoms with Gasteiger partial charge in [-0.2, -0.15) is 0 Å². The fraction of sp³-hybridized carbons (Fsp3) is 0. The molecule has 0 fully saturated rings. The van der Waals surface area contributed by atoms with E-state index in [4.69, 9.17) is 11.6 Å². The van der Waals surface area contributed by atoms with Crippen LogP contribution in [0.15, 0.2) is 27.3 Å². The highest BCUT2D eigenvalue weighted by Gasteiger charge is 2.22. The van der Waals surface area contributed by atoms with Gasteiger partial charge >= 0.3 is 5.69 Å². The molecule has 6 nitrogen and oxygen atoms in total. The number of rotatable bonds is 3. The molecule has 2 rings (SSSR count). The molecule has 2 aromatic rings. The Morgan fingerprint density at radius 3 is 2.88 bits per heavy atom. The van der Waals surface area contributed by atoms with E-state index in [-0.39, 0.29) is 15.9 Å². The summed E-state index contributed by atoms with van der Waals surface area (Å²) in [6.07, 6.45) is 2.80. The normalized spacial score (nSPS) is 10.3. The van der Waals surface area contributed by atoms with Gasteiger partial charge in [0.25, 0.3) is 0 Å². The van der Waals surface area contributed by atoms with Crippen molar-refractivity contribution in [3.63, 3.8) is 0 Å². The first-order valence-corrected chi connectivity index (χ1v) is 5.98. The first kappa shape index (κ1) is 11.2. The Bertz CT molecular complexity index is 519. The van der Waals surface area contributed by atoms with Gasteiger partial charge in [-0.25, -0.2) is 15.0 Å². The second-order valence-electron chi connectivity index (χ2n) is 2.48. The average Bonchev–Trinajstić information content (AvgIpc) is 2.70. The van der Waals surface area contributed by atoms with Crippen LogP contribution in [0.4, 0.5) is 5.69 Å². The van der Waals surface area contributed by atoms with Crippen LogP contribution in [0, 0.1) is 10.1 Å². The minimum Gasteiger partial charge on any atom is -0.258 e. The molecule has 0 N–H and O–H groups in total. The summed E-state index contributed by atoms with van der Waals surface area (Å²) in [6.45, 7) is 0. The van der Waals surface area contributed by atoms with Crippen molar-refractivity contribution in [3.8, 4) is 0 Å². The number of thiazole rings is 1. The topological polar surface area (TPSA) is 81.8 Å². The number of halogens is 1. The lowest BCUT2D eigenvalue weighted by Crippen LogP contribution is -1.96. The highest BCUT2D eigenvalue weighted by Crippen LogP contribution is 2.36. The van der Waals surface area contributed by atoms with Crippen LogP contribution in [0.25, 0.3) is 0 Å². The summed E-state index contributed by atoms with van der Waals surface area (Å²) in [7, 11) is 0. The van der Waals surface area contributed by atoms with Crippen LogP contribution in [0.2, 0.25) is 5.15 Å². The maximum Gasteiger partial charge on any atom is 0.338 e. The largest absolute Gasteiger partial charge is 0.338 e. The van der Waals surface area contributed by atoms with Crippen molar-refractivity contribution in [2.45, 2.75) is 9.37 Å². The van der Waals surface area contributed by atoms with E-state index in [1.54, 1.807) is 11.6 Å². The third-order valence-corrected chi connectivity index (χ3v) is 3.67. The monoisotopic (exact) mass is 274 g/mol. The summed E-state index contributed by atoms with van der Waals surface area (Å²) in [5, 5.41) is 12.6. The lowest BCUT2D eigenvalue weighted by molar-refractivity contribution is -0.388. The smallest absolute Gasteiger partial charge is 0.258 e. The molecule has 2 heterocycles. The predicted octanol–water partition coefficient (Wildman–Crippen LogP) is 2.65. The van der Waals surface area contributed by atoms with Crippen molar-refractivity contribution >= 4 is 40.4 Å². The summed E-state index contributed by atoms with van der Waals surface area (Å²) in [4.78, 5) is 21.6. The summed E-state index contributed by atoms with van der Waals surface area (Å²) in [5.41, 5.74) is -0.288. The van der Waals surface area contributed by atoms with E-state index < -0.39 is 4.92 Å². The summed E-state index contributed by atoms with van der Waals surface area (Å²) in [5.74, 6) is 0. The minimum atomic E-state index is -0.599. The molecule has 0 bridgehead atoms. The van der Waals surface area contributed by atoms with Crippen molar-refractivity contribution in [2.75, 3.05) is 0 Å². The van der Waals surface area contributed by atoms with E-state index in [1.165, 1.54) is 17.7 Å². The molecule has 16 heavy (non-hydrogen) atoms. The predicted molar refractivity (Wildman–Crippen MR) is 59.9 cm³/mol. The van der Waals surface area contributed by atoms with Gasteiger partial charge < -0.3 is 0 Å². The Kier molecular flexibility index (Phi) is 3.32. The zero-order chi connectivity index (χ0) is 11.5. The van der Waals surface area contributed by atoms with Gasteiger partial charge in [0, 0.05) is 11.6 Å². The minimum absolute atomic E-state index is 0.168. The van der Waals surface area contributed by atoms with Crippen LogP contribution in [-0.2, 0) is 0 Å². The number of hydrogen-bond acceptors (Lipinski definition) is 7. The van der Waals surface area contributed by atoms with E-state index in [9.17, 15) is 10.1 Å². The van der Waals surface area contributed by atoms with Crippen molar-refractivity contribution in [1.82, 2.24) is 15.0 Å². The highest BCUT2D eigenvalue weighted by atomic mass is 35.5. The van der Waals surface area contributed by atoms with Gasteiger partial charge in [0.2, 0.25) is 5.15 Å². The lowest BCUT2D eigenvalue weighted by atomic mass is 10.5. The molecule has 0 saturated heterocycles. The SMILES string of the molecule is O=[N+]([O-])c1c(Cl)ncnc1Sc1nccs1. The van der Waals surface area contributed by atoms with Crippen LogP contribution < -0.4 is 0 Å². The van der Waals surface area contributed by atoms with Crippen LogP contribution in [-0.4, -0.2) is 19.9 Å². The van der Waals surface area contributed by atoms with E-state index in [0.29, 0.717) is 4.34 Å². The first-order valence-electron chi connectivity index (χ1n) is 3.90. The van der Waals surface area contributed by atoms with Crippen LogP contribution in [0.1, 0.15) is 0 Å². The zero-order valence-electron chi connectivity index (χ0n) is 7.53. The maximum atomic E-state index is 10.8. The molecule has 0 saturated carbocycles. The quantitative estimate of drug-likeness (QED) is 0.486. The van der Waals surface area contributed by atoms with Gasteiger partial charge in [0.05, 0.1) is 4.92 Å². The molecule has 0 unspecified atom stereocenters. The van der Waals surface area contributed by atoms with Gasteiger partial charge in [-0.15, -0.1) is 11.3 Å². The van der Waals surface area contributed by atoms with Gasteiger partial charge in [0.1, 0.15) is 6.33 Å². The first-order chi connectivity index (χ1) is 7.68. The van der Waals surface area contributed by atoms with Crippen molar-refractivity contribution in [3.05, 3.63) is 33.2 Å². The molecule has 0 aromatic carbocycles. The Labute approximate surface area is 103 Å². The van der Waals surface area contributed by atoms with Crippen molar-refractivity contribution in [2.24, 2.45) is 0 Å². The average molecular weight is 275 g/mol. The molecule has 0 radical (unpaired) electrons. The Hall–Kier alpha value is -1.25. The molecule has 9 heteroatoms. The lowest BCUT2D eigenvalue weighted by Gasteiger charge is -1.99. The molecule has 0 atom stereocenters. The molecule has 0 aliphatic heterocycles. The zero-order valence-corrected chi connectivity index (χ0v) is 9.92. The van der Waals surface area contributed by atoms with Crippen LogP contribution in [0.5, 0.6) is 0 Å². The Balaban J connectivity index is 2.40. The van der Waals surface area contributed by atoms with Gasteiger partial charge in [-0.1, -0.05) is 11.6 Å². The molecule has 82 valence electrons. The summed E-state index contributed by atoms with van der Waals surface area (Å²) in [6, 6.07) is 0. The molecule has 0 amide bonds. The summed E-state index contributed by atoms with van der Waals surface area (Å²) >= 11 is 8.10. The standard InChI is InChI=1S/C7H3ClN4O2S2/c8-5-4(12(13)14)6(11-3-10-5)16-7-9-1-2-15-7/h1-3H. The van der Waals surface area contributed by atoms with Crippen LogP contribution in [0.3, 0.4) is 0 Å². The van der Waals surface area contributed by atoms with E-state index in [2.05, 4.69) is 15.0 Å². The number of hydrogen-bond donors (Lipinski definition) is 0. The van der Waals surface area contributed by atoms with Gasteiger partial charge in [-0.3, -0.25) is 10.1 Å². The molecule has 0 aliphatic carbocycles. The maximum absolute atomic E-state index is 10.8. The van der Waals surface area contributed by atoms with E-state index in [1.807, 2.05) is 0 Å². The highest BCUT2D eigenvalue weighted by molar-refractivity contribution is 8.01. The van der Waals surface area contributed by atoms with Gasteiger partial charge in [0.15, 0.2) is 9.37 Å². The number of aromatic nitrogens is 3. The fourth-order valence-corrected chi connectivity index (χ4v) is 2.77. The number of nitrogens with zero attached hydrogens (tertiary/aromatic N) is 4. The van der Waals surface area contributed by atoms with Crippen molar-refractivity contribution < 1.29 is 4.92 Å². The molecular weight excluding hydrogens is 272 g/mol. The van der Waals surface area contributed by atoms with E-state index >= 15 is 0 Å². The third-order valence-electron chi connectivity index (χ3n) is 1.52. The molecule has 0 spiro atoms. The van der Waals surface area contributed by atoms with Gasteiger partial charge in [-0.05, 0) is 11.8 Å². The molecular formula is C7H3ClN4O2S2. The number of nitro groups is 1.